The van der Waals surface area contributed by atoms with Crippen molar-refractivity contribution in [2.45, 2.75) is 53.4 Å². The summed E-state index contributed by atoms with van der Waals surface area (Å²) in [7, 11) is 0. The predicted octanol–water partition coefficient (Wildman–Crippen LogP) is 3.27. The first-order valence-corrected chi connectivity index (χ1v) is 4.97. The van der Waals surface area contributed by atoms with Gasteiger partial charge in [-0.3, -0.25) is 0 Å². The van der Waals surface area contributed by atoms with Crippen LogP contribution in [0.3, 0.4) is 0 Å². The van der Waals surface area contributed by atoms with Crippen molar-refractivity contribution in [1.29, 1.82) is 0 Å². The third-order valence-electron chi connectivity index (χ3n) is 1.57. The Morgan fingerprint density at radius 1 is 0.857 bits per heavy atom. The van der Waals surface area contributed by atoms with Gasteiger partial charge in [0.05, 0.1) is 11.4 Å². The van der Waals surface area contributed by atoms with Crippen molar-refractivity contribution in [2.24, 2.45) is 10.3 Å². The standard InChI is InChI=1S/2C5H11NO/c2*1-3-4-5(2)6-7/h2*7H,3-4H2,1-2H3. The molecule has 0 spiro atoms. The van der Waals surface area contributed by atoms with Gasteiger partial charge in [-0.05, 0) is 26.7 Å². The lowest BCUT2D eigenvalue weighted by Gasteiger charge is -1.87. The second-order valence-corrected chi connectivity index (χ2v) is 3.17. The molecule has 2 N–H and O–H groups in total. The molecule has 0 atom stereocenters. The molecule has 0 aliphatic carbocycles. The van der Waals surface area contributed by atoms with Gasteiger partial charge in [0.15, 0.2) is 0 Å². The summed E-state index contributed by atoms with van der Waals surface area (Å²) in [6.07, 6.45) is 3.90. The fourth-order valence-electron chi connectivity index (χ4n) is 0.824. The zero-order valence-corrected chi connectivity index (χ0v) is 9.62. The van der Waals surface area contributed by atoms with Gasteiger partial charge in [0, 0.05) is 0 Å². The van der Waals surface area contributed by atoms with E-state index in [1.807, 2.05) is 13.8 Å². The number of hydrogen-bond donors (Lipinski definition) is 2. The van der Waals surface area contributed by atoms with Gasteiger partial charge in [0.25, 0.3) is 0 Å². The zero-order chi connectivity index (χ0) is 11.4. The monoisotopic (exact) mass is 202 g/mol. The number of oxime groups is 2. The first-order valence-electron chi connectivity index (χ1n) is 4.97. The summed E-state index contributed by atoms with van der Waals surface area (Å²) in [5.41, 5.74) is 1.62. The molecule has 0 aromatic carbocycles. The van der Waals surface area contributed by atoms with Crippen LogP contribution in [0.4, 0.5) is 0 Å². The van der Waals surface area contributed by atoms with Crippen molar-refractivity contribution in [3.63, 3.8) is 0 Å². The minimum Gasteiger partial charge on any atom is -0.411 e. The van der Waals surface area contributed by atoms with E-state index in [0.717, 1.165) is 37.1 Å². The largest absolute Gasteiger partial charge is 0.411 e. The van der Waals surface area contributed by atoms with Gasteiger partial charge in [0.1, 0.15) is 0 Å². The number of nitrogens with zero attached hydrogens (tertiary/aromatic N) is 2. The minimum atomic E-state index is 0.808. The van der Waals surface area contributed by atoms with Crippen LogP contribution in [-0.2, 0) is 0 Å². The third kappa shape index (κ3) is 13.5. The minimum absolute atomic E-state index is 0.808. The molecular weight excluding hydrogens is 180 g/mol. The molecule has 4 heteroatoms. The average molecular weight is 202 g/mol. The third-order valence-corrected chi connectivity index (χ3v) is 1.57. The van der Waals surface area contributed by atoms with Gasteiger partial charge < -0.3 is 10.4 Å². The van der Waals surface area contributed by atoms with Gasteiger partial charge in [-0.25, -0.2) is 0 Å². The molecule has 0 aromatic heterocycles. The lowest BCUT2D eigenvalue weighted by molar-refractivity contribution is 0.317. The average Bonchev–Trinajstić information content (AvgIpc) is 2.19. The zero-order valence-electron chi connectivity index (χ0n) is 9.62. The first kappa shape index (κ1) is 15.4. The highest BCUT2D eigenvalue weighted by Crippen LogP contribution is 1.88. The van der Waals surface area contributed by atoms with Gasteiger partial charge in [-0.2, -0.15) is 0 Å². The van der Waals surface area contributed by atoms with E-state index in [1.165, 1.54) is 0 Å². The van der Waals surface area contributed by atoms with Crippen LogP contribution >= 0.6 is 0 Å². The van der Waals surface area contributed by atoms with Crippen molar-refractivity contribution in [3.8, 4) is 0 Å². The van der Waals surface area contributed by atoms with Gasteiger partial charge in [-0.15, -0.1) is 0 Å². The molecule has 0 saturated carbocycles. The topological polar surface area (TPSA) is 65.2 Å². The summed E-state index contributed by atoms with van der Waals surface area (Å²) in [5.74, 6) is 0. The highest BCUT2D eigenvalue weighted by atomic mass is 16.4. The molecule has 0 fully saturated rings. The molecule has 0 rings (SSSR count). The molecule has 0 bridgehead atoms. The Hall–Kier alpha value is -1.06. The van der Waals surface area contributed by atoms with Crippen LogP contribution in [0.2, 0.25) is 0 Å². The van der Waals surface area contributed by atoms with Crippen molar-refractivity contribution in [1.82, 2.24) is 0 Å². The molecule has 0 aliphatic rings. The van der Waals surface area contributed by atoms with Gasteiger partial charge in [-0.1, -0.05) is 37.0 Å². The number of rotatable bonds is 4. The Morgan fingerprint density at radius 3 is 1.21 bits per heavy atom. The molecule has 0 amide bonds. The summed E-state index contributed by atoms with van der Waals surface area (Å²) < 4.78 is 0. The summed E-state index contributed by atoms with van der Waals surface area (Å²) >= 11 is 0. The van der Waals surface area contributed by atoms with Crippen molar-refractivity contribution in [2.75, 3.05) is 0 Å². The first-order chi connectivity index (χ1) is 6.62. The molecule has 14 heavy (non-hydrogen) atoms. The maximum absolute atomic E-state index is 8.05. The molecule has 0 saturated heterocycles. The maximum Gasteiger partial charge on any atom is 0.0539 e. The van der Waals surface area contributed by atoms with Crippen molar-refractivity contribution < 1.29 is 10.4 Å². The van der Waals surface area contributed by atoms with E-state index in [4.69, 9.17) is 10.4 Å². The molecule has 0 heterocycles. The van der Waals surface area contributed by atoms with E-state index in [9.17, 15) is 0 Å². The van der Waals surface area contributed by atoms with Crippen molar-refractivity contribution in [3.05, 3.63) is 0 Å². The lowest BCUT2D eigenvalue weighted by Crippen LogP contribution is -1.87. The quantitative estimate of drug-likeness (QED) is 0.417. The molecule has 0 radical (unpaired) electrons. The van der Waals surface area contributed by atoms with Crippen LogP contribution in [0.1, 0.15) is 53.4 Å². The molecular formula is C10H22N2O2. The Balaban J connectivity index is 0. The van der Waals surface area contributed by atoms with Crippen LogP contribution < -0.4 is 0 Å². The predicted molar refractivity (Wildman–Crippen MR) is 59.6 cm³/mol. The van der Waals surface area contributed by atoms with E-state index >= 15 is 0 Å². The SMILES string of the molecule is CCCC(C)=NO.CCCC(C)=NO. The summed E-state index contributed by atoms with van der Waals surface area (Å²) in [4.78, 5) is 0. The Morgan fingerprint density at radius 2 is 1.14 bits per heavy atom. The molecule has 4 nitrogen and oxygen atoms in total. The molecule has 84 valence electrons. The van der Waals surface area contributed by atoms with E-state index in [0.29, 0.717) is 0 Å². The van der Waals surface area contributed by atoms with Crippen molar-refractivity contribution >= 4 is 11.4 Å². The van der Waals surface area contributed by atoms with Gasteiger partial charge in [0.2, 0.25) is 0 Å². The maximum atomic E-state index is 8.05. The Kier molecular flexibility index (Phi) is 13.1. The molecule has 0 aliphatic heterocycles. The van der Waals surface area contributed by atoms with Crippen LogP contribution in [0, 0.1) is 0 Å². The highest BCUT2D eigenvalue weighted by Gasteiger charge is 1.84. The van der Waals surface area contributed by atoms with E-state index in [2.05, 4.69) is 24.2 Å². The Bertz CT molecular complexity index is 157. The second-order valence-electron chi connectivity index (χ2n) is 3.17. The van der Waals surface area contributed by atoms with E-state index in [-0.39, 0.29) is 0 Å². The highest BCUT2D eigenvalue weighted by molar-refractivity contribution is 5.81. The Labute approximate surface area is 86.3 Å². The summed E-state index contributed by atoms with van der Waals surface area (Å²) in [6.45, 7) is 7.72. The van der Waals surface area contributed by atoms with Crippen LogP contribution in [0.25, 0.3) is 0 Å². The van der Waals surface area contributed by atoms with E-state index in [1.54, 1.807) is 0 Å². The van der Waals surface area contributed by atoms with Crippen LogP contribution in [-0.4, -0.2) is 21.8 Å². The lowest BCUT2D eigenvalue weighted by atomic mass is 10.2. The summed E-state index contributed by atoms with van der Waals surface area (Å²) in [5, 5.41) is 22.1. The fraction of sp³-hybridized carbons (Fsp3) is 0.800. The molecule has 0 aromatic rings. The van der Waals surface area contributed by atoms with E-state index < -0.39 is 0 Å². The van der Waals surface area contributed by atoms with Crippen LogP contribution in [0.15, 0.2) is 10.3 Å². The van der Waals surface area contributed by atoms with Crippen LogP contribution in [0.5, 0.6) is 0 Å². The smallest absolute Gasteiger partial charge is 0.0539 e. The molecule has 0 unspecified atom stereocenters. The normalized spacial score (nSPS) is 12.0. The second kappa shape index (κ2) is 11.9. The fourth-order valence-corrected chi connectivity index (χ4v) is 0.824. The number of hydrogen-bond acceptors (Lipinski definition) is 4. The van der Waals surface area contributed by atoms with Gasteiger partial charge >= 0.3 is 0 Å². The summed E-state index contributed by atoms with van der Waals surface area (Å²) in [6, 6.07) is 0.